The molecule has 0 aromatic rings. The summed E-state index contributed by atoms with van der Waals surface area (Å²) in [7, 11) is 0. The van der Waals surface area contributed by atoms with E-state index >= 15 is 0 Å². The topological polar surface area (TPSA) is 3.24 Å². The Labute approximate surface area is 76.7 Å². The standard InChI is InChI=1S/C8H14ClF2N/c9-4-7-2-1-3-12(5-7)6-8(10)11/h7-8H,1-6H2. The zero-order chi connectivity index (χ0) is 8.97. The van der Waals surface area contributed by atoms with E-state index in [-0.39, 0.29) is 6.54 Å². The second-order valence-corrected chi connectivity index (χ2v) is 3.62. The summed E-state index contributed by atoms with van der Waals surface area (Å²) in [5, 5.41) is 0. The fourth-order valence-electron chi connectivity index (χ4n) is 1.64. The minimum atomic E-state index is -2.21. The summed E-state index contributed by atoms with van der Waals surface area (Å²) in [5.41, 5.74) is 0. The zero-order valence-corrected chi connectivity index (χ0v) is 7.73. The highest BCUT2D eigenvalue weighted by atomic mass is 35.5. The molecule has 4 heteroatoms. The number of likely N-dealkylation sites (tertiary alicyclic amines) is 1. The van der Waals surface area contributed by atoms with Gasteiger partial charge >= 0.3 is 0 Å². The van der Waals surface area contributed by atoms with Gasteiger partial charge in [0.2, 0.25) is 0 Å². The molecule has 0 radical (unpaired) electrons. The largest absolute Gasteiger partial charge is 0.297 e. The molecular formula is C8H14ClF2N. The van der Waals surface area contributed by atoms with Crippen molar-refractivity contribution in [1.82, 2.24) is 4.90 Å². The van der Waals surface area contributed by atoms with Gasteiger partial charge in [0.1, 0.15) is 0 Å². The van der Waals surface area contributed by atoms with Crippen LogP contribution in [-0.4, -0.2) is 36.8 Å². The minimum Gasteiger partial charge on any atom is -0.297 e. The van der Waals surface area contributed by atoms with Crippen LogP contribution in [0.4, 0.5) is 8.78 Å². The molecule has 1 rings (SSSR count). The van der Waals surface area contributed by atoms with Crippen LogP contribution < -0.4 is 0 Å². The summed E-state index contributed by atoms with van der Waals surface area (Å²) < 4.78 is 24.0. The van der Waals surface area contributed by atoms with E-state index in [1.165, 1.54) is 0 Å². The van der Waals surface area contributed by atoms with Gasteiger partial charge in [-0.1, -0.05) is 0 Å². The van der Waals surface area contributed by atoms with Gasteiger partial charge < -0.3 is 0 Å². The van der Waals surface area contributed by atoms with Crippen LogP contribution >= 0.6 is 11.6 Å². The van der Waals surface area contributed by atoms with Crippen molar-refractivity contribution >= 4 is 11.6 Å². The fourth-order valence-corrected chi connectivity index (χ4v) is 1.89. The number of hydrogen-bond donors (Lipinski definition) is 0. The first kappa shape index (κ1) is 10.2. The highest BCUT2D eigenvalue weighted by Gasteiger charge is 2.21. The van der Waals surface area contributed by atoms with Gasteiger partial charge in [0, 0.05) is 12.4 Å². The highest BCUT2D eigenvalue weighted by Crippen LogP contribution is 2.18. The number of piperidine rings is 1. The normalized spacial score (nSPS) is 26.5. The van der Waals surface area contributed by atoms with Gasteiger partial charge in [0.05, 0.1) is 6.54 Å². The Hall–Kier alpha value is 0.110. The molecule has 0 bridgehead atoms. The van der Waals surface area contributed by atoms with Crippen LogP contribution in [0.5, 0.6) is 0 Å². The lowest BCUT2D eigenvalue weighted by Crippen LogP contribution is -2.38. The zero-order valence-electron chi connectivity index (χ0n) is 6.98. The quantitative estimate of drug-likeness (QED) is 0.627. The monoisotopic (exact) mass is 197 g/mol. The Morgan fingerprint density at radius 1 is 1.50 bits per heavy atom. The molecule has 1 heterocycles. The third kappa shape index (κ3) is 3.23. The summed E-state index contributed by atoms with van der Waals surface area (Å²) in [6.07, 6.45) is -0.119. The van der Waals surface area contributed by atoms with E-state index in [1.807, 2.05) is 0 Å². The molecule has 1 nitrogen and oxygen atoms in total. The van der Waals surface area contributed by atoms with Crippen molar-refractivity contribution in [2.24, 2.45) is 5.92 Å². The first-order chi connectivity index (χ1) is 5.72. The van der Waals surface area contributed by atoms with Gasteiger partial charge in [-0.25, -0.2) is 8.78 Å². The lowest BCUT2D eigenvalue weighted by Gasteiger charge is -2.31. The molecule has 0 aliphatic carbocycles. The number of halogens is 3. The predicted octanol–water partition coefficient (Wildman–Crippen LogP) is 2.20. The van der Waals surface area contributed by atoms with Crippen LogP contribution in [0.3, 0.4) is 0 Å². The van der Waals surface area contributed by atoms with Gasteiger partial charge in [-0.2, -0.15) is 0 Å². The fraction of sp³-hybridized carbons (Fsp3) is 1.00. The van der Waals surface area contributed by atoms with Crippen LogP contribution in [-0.2, 0) is 0 Å². The number of rotatable bonds is 3. The average Bonchev–Trinajstić information content (AvgIpc) is 2.03. The second-order valence-electron chi connectivity index (χ2n) is 3.31. The van der Waals surface area contributed by atoms with Gasteiger partial charge in [-0.05, 0) is 25.3 Å². The Balaban J connectivity index is 2.25. The van der Waals surface area contributed by atoms with Crippen LogP contribution in [0, 0.1) is 5.92 Å². The lowest BCUT2D eigenvalue weighted by atomic mass is 10.0. The third-order valence-corrected chi connectivity index (χ3v) is 2.65. The van der Waals surface area contributed by atoms with E-state index in [0.717, 1.165) is 25.9 Å². The molecule has 0 amide bonds. The average molecular weight is 198 g/mol. The smallest absolute Gasteiger partial charge is 0.251 e. The number of nitrogens with zero attached hydrogens (tertiary/aromatic N) is 1. The maximum absolute atomic E-state index is 12.0. The molecule has 1 atom stereocenters. The molecule has 1 aliphatic rings. The molecule has 1 fully saturated rings. The molecule has 12 heavy (non-hydrogen) atoms. The summed E-state index contributed by atoms with van der Waals surface area (Å²) in [5.74, 6) is 1.01. The third-order valence-electron chi connectivity index (χ3n) is 2.22. The van der Waals surface area contributed by atoms with E-state index in [0.29, 0.717) is 11.8 Å². The second kappa shape index (κ2) is 4.97. The van der Waals surface area contributed by atoms with Crippen LogP contribution in [0.15, 0.2) is 0 Å². The van der Waals surface area contributed by atoms with Crippen LogP contribution in [0.25, 0.3) is 0 Å². The Bertz CT molecular complexity index is 132. The van der Waals surface area contributed by atoms with Gasteiger partial charge in [-0.15, -0.1) is 11.6 Å². The van der Waals surface area contributed by atoms with Crippen molar-refractivity contribution in [2.45, 2.75) is 19.3 Å². The first-order valence-corrected chi connectivity index (χ1v) is 4.82. The van der Waals surface area contributed by atoms with Crippen molar-refractivity contribution in [3.8, 4) is 0 Å². The Kier molecular flexibility index (Phi) is 4.22. The maximum atomic E-state index is 12.0. The van der Waals surface area contributed by atoms with Crippen LogP contribution in [0.1, 0.15) is 12.8 Å². The maximum Gasteiger partial charge on any atom is 0.251 e. The van der Waals surface area contributed by atoms with Crippen LogP contribution in [0.2, 0.25) is 0 Å². The summed E-state index contributed by atoms with van der Waals surface area (Å²) in [6, 6.07) is 0. The highest BCUT2D eigenvalue weighted by molar-refractivity contribution is 6.18. The molecule has 0 saturated carbocycles. The van der Waals surface area contributed by atoms with E-state index < -0.39 is 6.43 Å². The number of hydrogen-bond acceptors (Lipinski definition) is 1. The Morgan fingerprint density at radius 3 is 2.83 bits per heavy atom. The molecule has 72 valence electrons. The van der Waals surface area contributed by atoms with E-state index in [2.05, 4.69) is 0 Å². The van der Waals surface area contributed by atoms with Gasteiger partial charge in [0.15, 0.2) is 0 Å². The van der Waals surface area contributed by atoms with Gasteiger partial charge in [0.25, 0.3) is 6.43 Å². The molecule has 1 saturated heterocycles. The molecule has 0 N–H and O–H groups in total. The molecular weight excluding hydrogens is 184 g/mol. The van der Waals surface area contributed by atoms with Crippen molar-refractivity contribution in [3.05, 3.63) is 0 Å². The SMILES string of the molecule is FC(F)CN1CCCC(CCl)C1. The lowest BCUT2D eigenvalue weighted by molar-refractivity contribution is 0.0679. The van der Waals surface area contributed by atoms with Crippen molar-refractivity contribution in [2.75, 3.05) is 25.5 Å². The van der Waals surface area contributed by atoms with Crippen molar-refractivity contribution in [3.63, 3.8) is 0 Å². The molecule has 0 spiro atoms. The summed E-state index contributed by atoms with van der Waals surface area (Å²) >= 11 is 5.67. The Morgan fingerprint density at radius 2 is 2.25 bits per heavy atom. The molecule has 1 aliphatic heterocycles. The molecule has 0 aromatic carbocycles. The minimum absolute atomic E-state index is 0.0899. The summed E-state index contributed by atoms with van der Waals surface area (Å²) in [4.78, 5) is 1.81. The van der Waals surface area contributed by atoms with E-state index in [9.17, 15) is 8.78 Å². The number of alkyl halides is 3. The first-order valence-electron chi connectivity index (χ1n) is 4.29. The molecule has 0 aromatic heterocycles. The van der Waals surface area contributed by atoms with Crippen molar-refractivity contribution in [1.29, 1.82) is 0 Å². The van der Waals surface area contributed by atoms with Crippen molar-refractivity contribution < 1.29 is 8.78 Å². The van der Waals surface area contributed by atoms with E-state index in [4.69, 9.17) is 11.6 Å². The van der Waals surface area contributed by atoms with E-state index in [1.54, 1.807) is 4.90 Å². The molecule has 1 unspecified atom stereocenters. The summed E-state index contributed by atoms with van der Waals surface area (Å²) in [6.45, 7) is 1.46. The van der Waals surface area contributed by atoms with Gasteiger partial charge in [-0.3, -0.25) is 4.90 Å². The predicted molar refractivity (Wildman–Crippen MR) is 45.9 cm³/mol.